The number of aryl methyl sites for hydroxylation is 1. The third-order valence-electron chi connectivity index (χ3n) is 1.64. The van der Waals surface area contributed by atoms with Gasteiger partial charge >= 0.3 is 5.76 Å². The summed E-state index contributed by atoms with van der Waals surface area (Å²) in [6, 6.07) is 5.59. The zero-order valence-electron chi connectivity index (χ0n) is 6.05. The summed E-state index contributed by atoms with van der Waals surface area (Å²) in [7, 11) is 0. The van der Waals surface area contributed by atoms with E-state index in [0.29, 0.717) is 5.58 Å². The van der Waals surface area contributed by atoms with Crippen LogP contribution >= 0.6 is 0 Å². The average molecular weight is 149 g/mol. The minimum absolute atomic E-state index is 0.394. The first-order valence-corrected chi connectivity index (χ1v) is 3.36. The largest absolute Gasteiger partial charge is 0.417 e. The summed E-state index contributed by atoms with van der Waals surface area (Å²) in [5, 5.41) is 0. The van der Waals surface area contributed by atoms with Crippen LogP contribution in [0.2, 0.25) is 0 Å². The molecule has 3 nitrogen and oxygen atoms in total. The van der Waals surface area contributed by atoms with Gasteiger partial charge < -0.3 is 4.42 Å². The monoisotopic (exact) mass is 149 g/mol. The molecule has 1 aromatic heterocycles. The Morgan fingerprint density at radius 1 is 1.45 bits per heavy atom. The van der Waals surface area contributed by atoms with Crippen molar-refractivity contribution >= 4 is 11.1 Å². The van der Waals surface area contributed by atoms with Gasteiger partial charge in [-0.05, 0) is 18.6 Å². The maximum Gasteiger partial charge on any atom is 0.417 e. The molecule has 1 N–H and O–H groups in total. The van der Waals surface area contributed by atoms with Crippen molar-refractivity contribution < 1.29 is 4.42 Å². The van der Waals surface area contributed by atoms with Crippen molar-refractivity contribution in [1.82, 2.24) is 4.98 Å². The number of para-hydroxylation sites is 1. The second kappa shape index (κ2) is 1.99. The van der Waals surface area contributed by atoms with Crippen LogP contribution in [0.5, 0.6) is 0 Å². The van der Waals surface area contributed by atoms with Crippen molar-refractivity contribution in [3.05, 3.63) is 34.3 Å². The summed E-state index contributed by atoms with van der Waals surface area (Å²) < 4.78 is 4.89. The zero-order valence-corrected chi connectivity index (χ0v) is 6.05. The van der Waals surface area contributed by atoms with Crippen LogP contribution in [-0.2, 0) is 0 Å². The highest BCUT2D eigenvalue weighted by Gasteiger charge is 2.00. The Labute approximate surface area is 62.7 Å². The number of benzene rings is 1. The molecule has 0 atom stereocenters. The van der Waals surface area contributed by atoms with Gasteiger partial charge in [-0.25, -0.2) is 4.79 Å². The fourth-order valence-electron chi connectivity index (χ4n) is 1.11. The molecular formula is C8H7NO2. The van der Waals surface area contributed by atoms with E-state index in [1.807, 2.05) is 25.1 Å². The van der Waals surface area contributed by atoms with E-state index in [1.165, 1.54) is 0 Å². The van der Waals surface area contributed by atoms with Crippen molar-refractivity contribution in [1.29, 1.82) is 0 Å². The van der Waals surface area contributed by atoms with Gasteiger partial charge in [-0.1, -0.05) is 12.1 Å². The van der Waals surface area contributed by atoms with Gasteiger partial charge in [0, 0.05) is 0 Å². The predicted octanol–water partition coefficient (Wildman–Crippen LogP) is 1.43. The maximum absolute atomic E-state index is 10.7. The van der Waals surface area contributed by atoms with Crippen LogP contribution in [0.4, 0.5) is 0 Å². The van der Waals surface area contributed by atoms with Gasteiger partial charge in [-0.3, -0.25) is 4.98 Å². The summed E-state index contributed by atoms with van der Waals surface area (Å²) in [5.41, 5.74) is 2.38. The molecule has 0 fully saturated rings. The van der Waals surface area contributed by atoms with Gasteiger partial charge in [0.15, 0.2) is 5.58 Å². The number of nitrogens with one attached hydrogen (secondary N) is 1. The number of hydrogen-bond acceptors (Lipinski definition) is 2. The Hall–Kier alpha value is -1.51. The first-order valence-electron chi connectivity index (χ1n) is 3.36. The van der Waals surface area contributed by atoms with Crippen molar-refractivity contribution in [2.24, 2.45) is 0 Å². The van der Waals surface area contributed by atoms with Crippen LogP contribution in [0, 0.1) is 6.92 Å². The van der Waals surface area contributed by atoms with Gasteiger partial charge in [-0.15, -0.1) is 0 Å². The Bertz CT molecular complexity index is 439. The van der Waals surface area contributed by atoms with Gasteiger partial charge in [0.2, 0.25) is 0 Å². The molecule has 56 valence electrons. The van der Waals surface area contributed by atoms with Crippen molar-refractivity contribution in [2.45, 2.75) is 6.92 Å². The molecule has 0 bridgehead atoms. The lowest BCUT2D eigenvalue weighted by Gasteiger charge is -1.89. The fraction of sp³-hybridized carbons (Fsp3) is 0.125. The summed E-state index contributed by atoms with van der Waals surface area (Å²) in [5.74, 6) is -0.394. The highest BCUT2D eigenvalue weighted by molar-refractivity contribution is 5.75. The molecule has 11 heavy (non-hydrogen) atoms. The minimum Gasteiger partial charge on any atom is -0.408 e. The number of fused-ring (bicyclic) bond motifs is 1. The molecular weight excluding hydrogens is 142 g/mol. The standard InChI is InChI=1S/C8H7NO2/c1-5-3-2-4-6-7(5)11-8(10)9-6/h2-4H,1H3,(H,9,10). The number of aromatic amines is 1. The number of aromatic nitrogens is 1. The van der Waals surface area contributed by atoms with Crippen LogP contribution in [0.1, 0.15) is 5.56 Å². The average Bonchev–Trinajstić information content (AvgIpc) is 2.31. The molecule has 0 radical (unpaired) electrons. The van der Waals surface area contributed by atoms with Crippen LogP contribution in [-0.4, -0.2) is 4.98 Å². The van der Waals surface area contributed by atoms with E-state index in [2.05, 4.69) is 4.98 Å². The third-order valence-corrected chi connectivity index (χ3v) is 1.64. The van der Waals surface area contributed by atoms with Crippen molar-refractivity contribution in [2.75, 3.05) is 0 Å². The van der Waals surface area contributed by atoms with E-state index in [9.17, 15) is 4.79 Å². The van der Waals surface area contributed by atoms with Crippen LogP contribution < -0.4 is 5.76 Å². The second-order valence-corrected chi connectivity index (χ2v) is 2.47. The van der Waals surface area contributed by atoms with E-state index < -0.39 is 5.76 Å². The summed E-state index contributed by atoms with van der Waals surface area (Å²) in [6.45, 7) is 1.90. The van der Waals surface area contributed by atoms with E-state index in [0.717, 1.165) is 11.1 Å². The third kappa shape index (κ3) is 0.852. The van der Waals surface area contributed by atoms with Gasteiger partial charge in [0.05, 0.1) is 5.52 Å². The maximum atomic E-state index is 10.7. The van der Waals surface area contributed by atoms with E-state index in [-0.39, 0.29) is 0 Å². The Balaban J connectivity index is 3.01. The minimum atomic E-state index is -0.394. The molecule has 0 saturated carbocycles. The summed E-state index contributed by atoms with van der Waals surface area (Å²) >= 11 is 0. The Morgan fingerprint density at radius 2 is 2.27 bits per heavy atom. The molecule has 0 aliphatic heterocycles. The van der Waals surface area contributed by atoms with Crippen LogP contribution in [0.25, 0.3) is 11.1 Å². The Kier molecular flexibility index (Phi) is 1.12. The molecule has 3 heteroatoms. The normalized spacial score (nSPS) is 10.6. The van der Waals surface area contributed by atoms with E-state index in [1.54, 1.807) is 0 Å². The lowest BCUT2D eigenvalue weighted by Crippen LogP contribution is -1.92. The number of hydrogen-bond donors (Lipinski definition) is 1. The molecule has 0 aliphatic rings. The number of rotatable bonds is 0. The Morgan fingerprint density at radius 3 is 3.00 bits per heavy atom. The van der Waals surface area contributed by atoms with Crippen LogP contribution in [0.15, 0.2) is 27.4 Å². The quantitative estimate of drug-likeness (QED) is 0.615. The molecule has 0 spiro atoms. The van der Waals surface area contributed by atoms with Crippen molar-refractivity contribution in [3.8, 4) is 0 Å². The zero-order chi connectivity index (χ0) is 7.84. The first kappa shape index (κ1) is 6.22. The van der Waals surface area contributed by atoms with Gasteiger partial charge in [-0.2, -0.15) is 0 Å². The number of oxazole rings is 1. The lowest BCUT2D eigenvalue weighted by atomic mass is 10.2. The second-order valence-electron chi connectivity index (χ2n) is 2.47. The molecule has 2 aromatic rings. The smallest absolute Gasteiger partial charge is 0.408 e. The topological polar surface area (TPSA) is 46.0 Å². The van der Waals surface area contributed by atoms with Gasteiger partial charge in [0.25, 0.3) is 0 Å². The molecule has 0 amide bonds. The molecule has 0 saturated heterocycles. The van der Waals surface area contributed by atoms with Gasteiger partial charge in [0.1, 0.15) is 0 Å². The molecule has 1 heterocycles. The van der Waals surface area contributed by atoms with Crippen LogP contribution in [0.3, 0.4) is 0 Å². The molecule has 2 rings (SSSR count). The molecule has 0 unspecified atom stereocenters. The number of H-pyrrole nitrogens is 1. The van der Waals surface area contributed by atoms with E-state index >= 15 is 0 Å². The van der Waals surface area contributed by atoms with E-state index in [4.69, 9.17) is 4.42 Å². The lowest BCUT2D eigenvalue weighted by molar-refractivity contribution is 0.553. The van der Waals surface area contributed by atoms with Crippen molar-refractivity contribution in [3.63, 3.8) is 0 Å². The molecule has 0 aliphatic carbocycles. The highest BCUT2D eigenvalue weighted by atomic mass is 16.4. The molecule has 1 aromatic carbocycles. The predicted molar refractivity (Wildman–Crippen MR) is 41.6 cm³/mol. The highest BCUT2D eigenvalue weighted by Crippen LogP contribution is 2.13. The fourth-order valence-corrected chi connectivity index (χ4v) is 1.11. The summed E-state index contributed by atoms with van der Waals surface area (Å²) in [6.07, 6.45) is 0. The first-order chi connectivity index (χ1) is 5.27. The summed E-state index contributed by atoms with van der Waals surface area (Å²) in [4.78, 5) is 13.3. The SMILES string of the molecule is Cc1cccc2[nH]c(=O)oc12.